The SMILES string of the molecule is COc1ccc(Cl)c(Sc2nc3c(N)nccc3n2CCC2CCNC2)c1. The molecule has 1 atom stereocenters. The summed E-state index contributed by atoms with van der Waals surface area (Å²) < 4.78 is 7.56. The van der Waals surface area contributed by atoms with Gasteiger partial charge in [0.2, 0.25) is 0 Å². The van der Waals surface area contributed by atoms with Gasteiger partial charge in [-0.05, 0) is 67.9 Å². The summed E-state index contributed by atoms with van der Waals surface area (Å²) in [7, 11) is 1.65. The van der Waals surface area contributed by atoms with Crippen LogP contribution in [0.3, 0.4) is 0 Å². The molecule has 0 amide bonds. The molecular weight excluding hydrogens is 382 g/mol. The molecule has 3 N–H and O–H groups in total. The molecule has 0 saturated carbocycles. The average molecular weight is 404 g/mol. The Balaban J connectivity index is 1.70. The van der Waals surface area contributed by atoms with E-state index in [-0.39, 0.29) is 0 Å². The van der Waals surface area contributed by atoms with Crippen molar-refractivity contribution in [2.24, 2.45) is 5.92 Å². The normalized spacial score (nSPS) is 16.9. The Morgan fingerprint density at radius 1 is 1.41 bits per heavy atom. The van der Waals surface area contributed by atoms with Crippen LogP contribution in [-0.2, 0) is 6.54 Å². The van der Waals surface area contributed by atoms with Crippen molar-refractivity contribution in [1.82, 2.24) is 19.9 Å². The molecule has 0 bridgehead atoms. The Bertz CT molecular complexity index is 955. The van der Waals surface area contributed by atoms with Crippen molar-refractivity contribution in [2.75, 3.05) is 25.9 Å². The number of fused-ring (bicyclic) bond motifs is 1. The second-order valence-corrected chi connectivity index (χ2v) is 8.07. The zero-order valence-electron chi connectivity index (χ0n) is 15.1. The highest BCUT2D eigenvalue weighted by Gasteiger charge is 2.19. The molecule has 1 saturated heterocycles. The van der Waals surface area contributed by atoms with Crippen molar-refractivity contribution in [3.63, 3.8) is 0 Å². The molecule has 27 heavy (non-hydrogen) atoms. The highest BCUT2D eigenvalue weighted by atomic mass is 35.5. The fourth-order valence-electron chi connectivity index (χ4n) is 3.40. The van der Waals surface area contributed by atoms with Gasteiger partial charge in [0.15, 0.2) is 11.0 Å². The predicted octanol–water partition coefficient (Wildman–Crippen LogP) is 3.83. The standard InChI is InChI=1S/C19H22ClN5OS/c1-26-13-2-3-14(20)16(10-13)27-19-24-17-15(5-8-23-18(17)21)25(19)9-6-12-4-7-22-11-12/h2-3,5,8,10,12,22H,4,6-7,9,11H2,1H3,(H2,21,23). The van der Waals surface area contributed by atoms with Crippen molar-refractivity contribution in [1.29, 1.82) is 0 Å². The van der Waals surface area contributed by atoms with Gasteiger partial charge in [-0.2, -0.15) is 0 Å². The van der Waals surface area contributed by atoms with E-state index >= 15 is 0 Å². The van der Waals surface area contributed by atoms with Crippen molar-refractivity contribution in [2.45, 2.75) is 29.4 Å². The van der Waals surface area contributed by atoms with Crippen LogP contribution < -0.4 is 15.8 Å². The summed E-state index contributed by atoms with van der Waals surface area (Å²) in [5.41, 5.74) is 7.82. The molecule has 0 spiro atoms. The topological polar surface area (TPSA) is 78.0 Å². The first-order valence-electron chi connectivity index (χ1n) is 8.98. The largest absolute Gasteiger partial charge is 0.497 e. The Morgan fingerprint density at radius 2 is 2.30 bits per heavy atom. The van der Waals surface area contributed by atoms with Crippen LogP contribution >= 0.6 is 23.4 Å². The van der Waals surface area contributed by atoms with Gasteiger partial charge in [-0.15, -0.1) is 0 Å². The van der Waals surface area contributed by atoms with Crippen LogP contribution in [-0.4, -0.2) is 34.7 Å². The number of hydrogen-bond donors (Lipinski definition) is 2. The molecule has 3 heterocycles. The van der Waals surface area contributed by atoms with Gasteiger partial charge in [0.05, 0.1) is 17.6 Å². The minimum atomic E-state index is 0.451. The van der Waals surface area contributed by atoms with E-state index in [1.165, 1.54) is 18.2 Å². The van der Waals surface area contributed by atoms with E-state index in [1.807, 2.05) is 24.3 Å². The number of nitrogen functional groups attached to an aromatic ring is 1. The van der Waals surface area contributed by atoms with E-state index < -0.39 is 0 Å². The lowest BCUT2D eigenvalue weighted by molar-refractivity contribution is 0.413. The summed E-state index contributed by atoms with van der Waals surface area (Å²) in [6.07, 6.45) is 4.06. The molecule has 1 unspecified atom stereocenters. The Kier molecular flexibility index (Phi) is 5.43. The van der Waals surface area contributed by atoms with Crippen LogP contribution in [0.4, 0.5) is 5.82 Å². The second-order valence-electron chi connectivity index (χ2n) is 6.66. The highest BCUT2D eigenvalue weighted by molar-refractivity contribution is 7.99. The third kappa shape index (κ3) is 3.85. The fourth-order valence-corrected chi connectivity index (χ4v) is 4.61. The van der Waals surface area contributed by atoms with Gasteiger partial charge in [-0.3, -0.25) is 0 Å². The van der Waals surface area contributed by atoms with Crippen LogP contribution in [0.2, 0.25) is 5.02 Å². The molecular formula is C19H22ClN5OS. The summed E-state index contributed by atoms with van der Waals surface area (Å²) in [5, 5.41) is 4.97. The molecule has 8 heteroatoms. The summed E-state index contributed by atoms with van der Waals surface area (Å²) in [4.78, 5) is 9.86. The number of hydrogen-bond acceptors (Lipinski definition) is 6. The Hall–Kier alpha value is -1.96. The number of benzene rings is 1. The van der Waals surface area contributed by atoms with E-state index in [4.69, 9.17) is 27.1 Å². The zero-order valence-corrected chi connectivity index (χ0v) is 16.7. The number of methoxy groups -OCH3 is 1. The first-order valence-corrected chi connectivity index (χ1v) is 10.2. The van der Waals surface area contributed by atoms with Crippen molar-refractivity contribution in [3.05, 3.63) is 35.5 Å². The molecule has 6 nitrogen and oxygen atoms in total. The first kappa shape index (κ1) is 18.4. The number of nitrogens with one attached hydrogen (secondary N) is 1. The summed E-state index contributed by atoms with van der Waals surface area (Å²) >= 11 is 7.94. The molecule has 1 aliphatic rings. The molecule has 3 aromatic rings. The van der Waals surface area contributed by atoms with Crippen LogP contribution in [0.25, 0.3) is 11.0 Å². The molecule has 0 radical (unpaired) electrons. The molecule has 1 aromatic carbocycles. The number of rotatable bonds is 6. The van der Waals surface area contributed by atoms with Gasteiger partial charge >= 0.3 is 0 Å². The van der Waals surface area contributed by atoms with Crippen LogP contribution in [0.1, 0.15) is 12.8 Å². The molecule has 142 valence electrons. The minimum Gasteiger partial charge on any atom is -0.497 e. The smallest absolute Gasteiger partial charge is 0.174 e. The fraction of sp³-hybridized carbons (Fsp3) is 0.368. The first-order chi connectivity index (χ1) is 13.2. The number of ether oxygens (including phenoxy) is 1. The second kappa shape index (κ2) is 7.96. The van der Waals surface area contributed by atoms with E-state index in [0.29, 0.717) is 16.8 Å². The minimum absolute atomic E-state index is 0.451. The molecule has 1 aliphatic heterocycles. The number of anilines is 1. The van der Waals surface area contributed by atoms with Gasteiger partial charge in [0.1, 0.15) is 11.3 Å². The van der Waals surface area contributed by atoms with Crippen LogP contribution in [0.15, 0.2) is 40.5 Å². The number of nitrogens with zero attached hydrogens (tertiary/aromatic N) is 3. The van der Waals surface area contributed by atoms with E-state index in [1.54, 1.807) is 13.3 Å². The van der Waals surface area contributed by atoms with Crippen molar-refractivity contribution in [3.8, 4) is 5.75 Å². The maximum atomic E-state index is 6.41. The number of aromatic nitrogens is 3. The van der Waals surface area contributed by atoms with E-state index in [2.05, 4.69) is 14.9 Å². The summed E-state index contributed by atoms with van der Waals surface area (Å²) in [6, 6.07) is 7.60. The molecule has 2 aromatic heterocycles. The molecule has 0 aliphatic carbocycles. The van der Waals surface area contributed by atoms with Gasteiger partial charge in [-0.1, -0.05) is 11.6 Å². The average Bonchev–Trinajstić information content (AvgIpc) is 3.30. The third-order valence-electron chi connectivity index (χ3n) is 4.92. The van der Waals surface area contributed by atoms with E-state index in [0.717, 1.165) is 52.9 Å². The van der Waals surface area contributed by atoms with E-state index in [9.17, 15) is 0 Å². The number of pyridine rings is 1. The van der Waals surface area contributed by atoms with Gasteiger partial charge < -0.3 is 20.4 Å². The maximum absolute atomic E-state index is 6.41. The third-order valence-corrected chi connectivity index (χ3v) is 6.42. The van der Waals surface area contributed by atoms with Crippen LogP contribution in [0, 0.1) is 5.92 Å². The highest BCUT2D eigenvalue weighted by Crippen LogP contribution is 2.37. The van der Waals surface area contributed by atoms with Crippen LogP contribution in [0.5, 0.6) is 5.75 Å². The molecule has 4 rings (SSSR count). The zero-order chi connectivity index (χ0) is 18.8. The molecule has 1 fully saturated rings. The summed E-state index contributed by atoms with van der Waals surface area (Å²) in [5.74, 6) is 1.91. The lowest BCUT2D eigenvalue weighted by Gasteiger charge is -2.13. The Morgan fingerprint density at radius 3 is 3.07 bits per heavy atom. The predicted molar refractivity (Wildman–Crippen MR) is 110 cm³/mol. The number of halogens is 1. The van der Waals surface area contributed by atoms with Crippen molar-refractivity contribution >= 4 is 40.2 Å². The lowest BCUT2D eigenvalue weighted by atomic mass is 10.1. The summed E-state index contributed by atoms with van der Waals surface area (Å²) in [6.45, 7) is 3.07. The van der Waals surface area contributed by atoms with Gasteiger partial charge in [0, 0.05) is 17.6 Å². The lowest BCUT2D eigenvalue weighted by Crippen LogP contribution is -2.11. The number of imidazole rings is 1. The van der Waals surface area contributed by atoms with Gasteiger partial charge in [-0.25, -0.2) is 9.97 Å². The number of nitrogens with two attached hydrogens (primary N) is 1. The Labute approximate surface area is 167 Å². The quantitative estimate of drug-likeness (QED) is 0.651. The monoisotopic (exact) mass is 403 g/mol. The van der Waals surface area contributed by atoms with Gasteiger partial charge in [0.25, 0.3) is 0 Å². The maximum Gasteiger partial charge on any atom is 0.174 e. The number of aryl methyl sites for hydroxylation is 1. The van der Waals surface area contributed by atoms with Crippen molar-refractivity contribution < 1.29 is 4.74 Å².